The molecule has 84 valence electrons. The van der Waals surface area contributed by atoms with Crippen LogP contribution in [-0.4, -0.2) is 18.1 Å². The van der Waals surface area contributed by atoms with E-state index in [1.165, 1.54) is 5.56 Å². The molecule has 2 nitrogen and oxygen atoms in total. The van der Waals surface area contributed by atoms with E-state index in [1.54, 1.807) is 0 Å². The number of nitrogens with zero attached hydrogens (tertiary/aromatic N) is 1. The van der Waals surface area contributed by atoms with Crippen LogP contribution in [0.1, 0.15) is 26.3 Å². The van der Waals surface area contributed by atoms with Gasteiger partial charge in [-0.3, -0.25) is 4.98 Å². The van der Waals surface area contributed by atoms with Crippen molar-refractivity contribution in [3.63, 3.8) is 0 Å². The summed E-state index contributed by atoms with van der Waals surface area (Å²) in [5.41, 5.74) is 1.36. The summed E-state index contributed by atoms with van der Waals surface area (Å²) in [6, 6.07) is 4.15. The van der Waals surface area contributed by atoms with Gasteiger partial charge in [0.2, 0.25) is 0 Å². The minimum Gasteiger partial charge on any atom is -0.316 e. The monoisotopic (exact) mass is 206 g/mol. The first-order valence-electron chi connectivity index (χ1n) is 5.79. The second kappa shape index (κ2) is 6.57. The maximum Gasteiger partial charge on any atom is 0.0270 e. The third-order valence-corrected chi connectivity index (χ3v) is 2.94. The van der Waals surface area contributed by atoms with Gasteiger partial charge in [-0.15, -0.1) is 0 Å². The average molecular weight is 206 g/mol. The zero-order valence-corrected chi connectivity index (χ0v) is 10.0. The lowest BCUT2D eigenvalue weighted by Crippen LogP contribution is -2.26. The van der Waals surface area contributed by atoms with Crippen molar-refractivity contribution in [3.05, 3.63) is 30.1 Å². The highest BCUT2D eigenvalue weighted by molar-refractivity contribution is 5.09. The van der Waals surface area contributed by atoms with Gasteiger partial charge in [0.25, 0.3) is 0 Å². The predicted octanol–water partition coefficient (Wildman–Crippen LogP) is 2.51. The minimum absolute atomic E-state index is 0.752. The summed E-state index contributed by atoms with van der Waals surface area (Å²) in [5.74, 6) is 1.51. The van der Waals surface area contributed by atoms with Gasteiger partial charge in [0.1, 0.15) is 0 Å². The largest absolute Gasteiger partial charge is 0.316 e. The van der Waals surface area contributed by atoms with Crippen molar-refractivity contribution in [2.24, 2.45) is 11.8 Å². The van der Waals surface area contributed by atoms with E-state index in [2.05, 4.69) is 43.2 Å². The number of pyridine rings is 1. The molecule has 15 heavy (non-hydrogen) atoms. The lowest BCUT2D eigenvalue weighted by Gasteiger charge is -2.15. The van der Waals surface area contributed by atoms with Crippen molar-refractivity contribution in [1.82, 2.24) is 10.3 Å². The van der Waals surface area contributed by atoms with E-state index in [0.717, 1.165) is 31.3 Å². The fraction of sp³-hybridized carbons (Fsp3) is 0.615. The van der Waals surface area contributed by atoms with Crippen LogP contribution in [0.25, 0.3) is 0 Å². The van der Waals surface area contributed by atoms with Crippen LogP contribution in [0.4, 0.5) is 0 Å². The van der Waals surface area contributed by atoms with Crippen molar-refractivity contribution in [3.8, 4) is 0 Å². The standard InChI is InChI=1S/C13H22N2/c1-11(2)12(3)10-15-9-6-13-4-7-14-8-5-13/h4-5,7-8,11-12,15H,6,9-10H2,1-3H3. The molecule has 1 rings (SSSR count). The van der Waals surface area contributed by atoms with E-state index in [-0.39, 0.29) is 0 Å². The zero-order valence-electron chi connectivity index (χ0n) is 10.0. The molecule has 0 bridgehead atoms. The molecule has 0 radical (unpaired) electrons. The third kappa shape index (κ3) is 4.93. The first-order chi connectivity index (χ1) is 7.20. The Bertz CT molecular complexity index is 256. The zero-order chi connectivity index (χ0) is 11.1. The molecule has 2 heteroatoms. The third-order valence-electron chi connectivity index (χ3n) is 2.94. The summed E-state index contributed by atoms with van der Waals surface area (Å²) in [5, 5.41) is 3.49. The molecule has 1 aromatic heterocycles. The molecule has 0 aliphatic rings. The molecule has 1 heterocycles. The lowest BCUT2D eigenvalue weighted by molar-refractivity contribution is 0.394. The molecule has 1 unspecified atom stereocenters. The number of aromatic nitrogens is 1. The molecule has 0 aliphatic heterocycles. The summed E-state index contributed by atoms with van der Waals surface area (Å²) in [4.78, 5) is 4.00. The summed E-state index contributed by atoms with van der Waals surface area (Å²) < 4.78 is 0. The SMILES string of the molecule is CC(C)C(C)CNCCc1ccncc1. The van der Waals surface area contributed by atoms with Gasteiger partial charge < -0.3 is 5.32 Å². The average Bonchev–Trinajstić information content (AvgIpc) is 2.25. The number of nitrogens with one attached hydrogen (secondary N) is 1. The second-order valence-corrected chi connectivity index (χ2v) is 4.53. The number of rotatable bonds is 6. The molecule has 0 spiro atoms. The summed E-state index contributed by atoms with van der Waals surface area (Å²) >= 11 is 0. The van der Waals surface area contributed by atoms with Crippen LogP contribution < -0.4 is 5.32 Å². The number of hydrogen-bond acceptors (Lipinski definition) is 2. The van der Waals surface area contributed by atoms with Gasteiger partial charge >= 0.3 is 0 Å². The van der Waals surface area contributed by atoms with Crippen molar-refractivity contribution < 1.29 is 0 Å². The van der Waals surface area contributed by atoms with Crippen LogP contribution >= 0.6 is 0 Å². The predicted molar refractivity (Wildman–Crippen MR) is 64.8 cm³/mol. The van der Waals surface area contributed by atoms with Gasteiger partial charge in [-0.1, -0.05) is 20.8 Å². The summed E-state index contributed by atoms with van der Waals surface area (Å²) in [6.07, 6.45) is 4.80. The van der Waals surface area contributed by atoms with Gasteiger partial charge in [0, 0.05) is 12.4 Å². The highest BCUT2D eigenvalue weighted by Gasteiger charge is 2.05. The van der Waals surface area contributed by atoms with E-state index < -0.39 is 0 Å². The Labute approximate surface area is 93.1 Å². The van der Waals surface area contributed by atoms with E-state index in [4.69, 9.17) is 0 Å². The molecule has 0 amide bonds. The van der Waals surface area contributed by atoms with Gasteiger partial charge in [-0.05, 0) is 49.0 Å². The summed E-state index contributed by atoms with van der Waals surface area (Å²) in [7, 11) is 0. The minimum atomic E-state index is 0.752. The Morgan fingerprint density at radius 1 is 1.20 bits per heavy atom. The first-order valence-corrected chi connectivity index (χ1v) is 5.79. The lowest BCUT2D eigenvalue weighted by atomic mass is 9.98. The maximum absolute atomic E-state index is 4.00. The van der Waals surface area contributed by atoms with Gasteiger partial charge in [-0.2, -0.15) is 0 Å². The molecule has 0 saturated heterocycles. The second-order valence-electron chi connectivity index (χ2n) is 4.53. The molecule has 0 aromatic carbocycles. The Hall–Kier alpha value is -0.890. The Morgan fingerprint density at radius 3 is 2.47 bits per heavy atom. The van der Waals surface area contributed by atoms with Crippen molar-refractivity contribution >= 4 is 0 Å². The van der Waals surface area contributed by atoms with Crippen LogP contribution in [0.5, 0.6) is 0 Å². The van der Waals surface area contributed by atoms with E-state index in [1.807, 2.05) is 12.4 Å². The molecule has 1 atom stereocenters. The van der Waals surface area contributed by atoms with Gasteiger partial charge in [0.15, 0.2) is 0 Å². The molecule has 0 fully saturated rings. The van der Waals surface area contributed by atoms with Gasteiger partial charge in [0.05, 0.1) is 0 Å². The highest BCUT2D eigenvalue weighted by atomic mass is 14.9. The molecule has 0 aliphatic carbocycles. The fourth-order valence-corrected chi connectivity index (χ4v) is 1.35. The van der Waals surface area contributed by atoms with Crippen LogP contribution in [0.15, 0.2) is 24.5 Å². The quantitative estimate of drug-likeness (QED) is 0.723. The Morgan fingerprint density at radius 2 is 1.87 bits per heavy atom. The van der Waals surface area contributed by atoms with Crippen molar-refractivity contribution in [2.45, 2.75) is 27.2 Å². The summed E-state index contributed by atoms with van der Waals surface area (Å²) in [6.45, 7) is 9.01. The molecule has 1 aromatic rings. The topological polar surface area (TPSA) is 24.9 Å². The Kier molecular flexibility index (Phi) is 5.33. The molecule has 1 N–H and O–H groups in total. The van der Waals surface area contributed by atoms with Crippen LogP contribution in [-0.2, 0) is 6.42 Å². The van der Waals surface area contributed by atoms with E-state index in [9.17, 15) is 0 Å². The van der Waals surface area contributed by atoms with Crippen molar-refractivity contribution in [1.29, 1.82) is 0 Å². The van der Waals surface area contributed by atoms with E-state index in [0.29, 0.717) is 0 Å². The molecular formula is C13H22N2. The van der Waals surface area contributed by atoms with E-state index >= 15 is 0 Å². The highest BCUT2D eigenvalue weighted by Crippen LogP contribution is 2.07. The first kappa shape index (κ1) is 12.2. The van der Waals surface area contributed by atoms with Crippen LogP contribution in [0, 0.1) is 11.8 Å². The maximum atomic E-state index is 4.00. The smallest absolute Gasteiger partial charge is 0.0270 e. The van der Waals surface area contributed by atoms with Crippen LogP contribution in [0.3, 0.4) is 0 Å². The molecular weight excluding hydrogens is 184 g/mol. The van der Waals surface area contributed by atoms with Crippen molar-refractivity contribution in [2.75, 3.05) is 13.1 Å². The van der Waals surface area contributed by atoms with Crippen LogP contribution in [0.2, 0.25) is 0 Å². The fourth-order valence-electron chi connectivity index (χ4n) is 1.35. The molecule has 0 saturated carbocycles. The normalized spacial score (nSPS) is 13.1. The van der Waals surface area contributed by atoms with Gasteiger partial charge in [-0.25, -0.2) is 0 Å². The number of hydrogen-bond donors (Lipinski definition) is 1. The Balaban J connectivity index is 2.12.